The lowest BCUT2D eigenvalue weighted by Gasteiger charge is -2.17. The molecule has 1 amide bonds. The monoisotopic (exact) mass is 368 g/mol. The van der Waals surface area contributed by atoms with Crippen molar-refractivity contribution >= 4 is 35.4 Å². The number of nitrogens with zero attached hydrogens (tertiary/aromatic N) is 2. The number of aryl methyl sites for hydroxylation is 1. The minimum absolute atomic E-state index is 0.0683. The molecular formula is C20H17ClN2O3. The molecule has 1 heterocycles. The standard InChI is InChI=1S/C20H17ClN2O3/c1-13-2-6-15(7-3-13)19-22-17(12-14-4-8-16(21)9-5-14)20(26)23(19)11-10-18(24)25/h2-9,12H,10-11H2,1H3,(H,24,25). The first-order valence-corrected chi connectivity index (χ1v) is 8.48. The van der Waals surface area contributed by atoms with Crippen LogP contribution in [0.15, 0.2) is 59.2 Å². The van der Waals surface area contributed by atoms with Gasteiger partial charge in [-0.05, 0) is 30.7 Å². The van der Waals surface area contributed by atoms with Crippen molar-refractivity contribution < 1.29 is 14.7 Å². The van der Waals surface area contributed by atoms with E-state index >= 15 is 0 Å². The number of rotatable bonds is 5. The molecule has 2 aromatic rings. The Morgan fingerprint density at radius 3 is 2.42 bits per heavy atom. The van der Waals surface area contributed by atoms with Crippen LogP contribution in [0.2, 0.25) is 5.02 Å². The number of aliphatic imine (C=N–C) groups is 1. The van der Waals surface area contributed by atoms with Gasteiger partial charge in [0.1, 0.15) is 11.5 Å². The summed E-state index contributed by atoms with van der Waals surface area (Å²) in [4.78, 5) is 29.6. The Kier molecular flexibility index (Phi) is 5.19. The molecule has 0 saturated heterocycles. The largest absolute Gasteiger partial charge is 0.481 e. The average Bonchev–Trinajstić information content (AvgIpc) is 2.92. The van der Waals surface area contributed by atoms with Crippen molar-refractivity contribution in [1.82, 2.24) is 4.90 Å². The molecule has 0 aromatic heterocycles. The minimum Gasteiger partial charge on any atom is -0.481 e. The Hall–Kier alpha value is -2.92. The lowest BCUT2D eigenvalue weighted by atomic mass is 10.1. The van der Waals surface area contributed by atoms with Crippen LogP contribution in [0.5, 0.6) is 0 Å². The van der Waals surface area contributed by atoms with Gasteiger partial charge in [0.15, 0.2) is 0 Å². The topological polar surface area (TPSA) is 70.0 Å². The number of amidine groups is 1. The van der Waals surface area contributed by atoms with Crippen molar-refractivity contribution in [2.75, 3.05) is 6.54 Å². The van der Waals surface area contributed by atoms with E-state index in [0.717, 1.165) is 16.7 Å². The van der Waals surface area contributed by atoms with Gasteiger partial charge >= 0.3 is 5.97 Å². The van der Waals surface area contributed by atoms with Gasteiger partial charge in [-0.15, -0.1) is 0 Å². The molecule has 5 nitrogen and oxygen atoms in total. The fourth-order valence-electron chi connectivity index (χ4n) is 2.61. The summed E-state index contributed by atoms with van der Waals surface area (Å²) in [7, 11) is 0. The third kappa shape index (κ3) is 4.00. The maximum Gasteiger partial charge on any atom is 0.305 e. The van der Waals surface area contributed by atoms with Crippen molar-refractivity contribution in [3.63, 3.8) is 0 Å². The number of carboxylic acid groups (broad SMARTS) is 1. The van der Waals surface area contributed by atoms with Gasteiger partial charge in [0.05, 0.1) is 6.42 Å². The lowest BCUT2D eigenvalue weighted by Crippen LogP contribution is -2.34. The third-order valence-electron chi connectivity index (χ3n) is 3.98. The number of hydrogen-bond donors (Lipinski definition) is 1. The molecule has 0 aliphatic carbocycles. The van der Waals surface area contributed by atoms with Crippen LogP contribution >= 0.6 is 11.6 Å². The van der Waals surface area contributed by atoms with E-state index in [0.29, 0.717) is 10.9 Å². The van der Waals surface area contributed by atoms with Crippen molar-refractivity contribution in [2.45, 2.75) is 13.3 Å². The molecule has 6 heteroatoms. The summed E-state index contributed by atoms with van der Waals surface area (Å²) < 4.78 is 0. The highest BCUT2D eigenvalue weighted by Crippen LogP contribution is 2.23. The Morgan fingerprint density at radius 1 is 1.15 bits per heavy atom. The maximum absolute atomic E-state index is 12.8. The highest BCUT2D eigenvalue weighted by atomic mass is 35.5. The Balaban J connectivity index is 1.98. The summed E-state index contributed by atoms with van der Waals surface area (Å²) >= 11 is 5.89. The van der Waals surface area contributed by atoms with Crippen molar-refractivity contribution in [2.24, 2.45) is 4.99 Å². The molecule has 1 aliphatic heterocycles. The first-order valence-electron chi connectivity index (χ1n) is 8.11. The van der Waals surface area contributed by atoms with Crippen LogP contribution in [0, 0.1) is 6.92 Å². The van der Waals surface area contributed by atoms with E-state index in [9.17, 15) is 9.59 Å². The maximum atomic E-state index is 12.8. The number of benzene rings is 2. The van der Waals surface area contributed by atoms with Gasteiger partial charge in [-0.1, -0.05) is 53.6 Å². The van der Waals surface area contributed by atoms with Gasteiger partial charge < -0.3 is 5.11 Å². The van der Waals surface area contributed by atoms with E-state index in [1.54, 1.807) is 30.3 Å². The summed E-state index contributed by atoms with van der Waals surface area (Å²) in [6, 6.07) is 14.7. The number of halogens is 1. The van der Waals surface area contributed by atoms with E-state index in [1.165, 1.54) is 4.90 Å². The highest BCUT2D eigenvalue weighted by molar-refractivity contribution is 6.30. The van der Waals surface area contributed by atoms with E-state index in [-0.39, 0.29) is 24.6 Å². The smallest absolute Gasteiger partial charge is 0.305 e. The first kappa shape index (κ1) is 17.9. The predicted octanol–water partition coefficient (Wildman–Crippen LogP) is 3.75. The molecule has 26 heavy (non-hydrogen) atoms. The molecule has 0 spiro atoms. The second-order valence-corrected chi connectivity index (χ2v) is 6.42. The Labute approximate surface area is 156 Å². The van der Waals surface area contributed by atoms with E-state index in [1.807, 2.05) is 31.2 Å². The molecule has 1 aliphatic rings. The number of amides is 1. The second kappa shape index (κ2) is 7.54. The second-order valence-electron chi connectivity index (χ2n) is 5.98. The Bertz CT molecular complexity index is 900. The molecule has 0 bridgehead atoms. The summed E-state index contributed by atoms with van der Waals surface area (Å²) in [6.45, 7) is 2.04. The van der Waals surface area contributed by atoms with Gasteiger partial charge in [0, 0.05) is 17.1 Å². The molecule has 0 saturated carbocycles. The van der Waals surface area contributed by atoms with Gasteiger partial charge in [-0.25, -0.2) is 4.99 Å². The van der Waals surface area contributed by atoms with Crippen LogP contribution < -0.4 is 0 Å². The average molecular weight is 369 g/mol. The number of carbonyl (C=O) groups excluding carboxylic acids is 1. The van der Waals surface area contributed by atoms with Crippen molar-refractivity contribution in [1.29, 1.82) is 0 Å². The van der Waals surface area contributed by atoms with E-state index in [4.69, 9.17) is 16.7 Å². The summed E-state index contributed by atoms with van der Waals surface area (Å²) in [5, 5.41) is 9.58. The number of aliphatic carboxylic acids is 1. The zero-order valence-electron chi connectivity index (χ0n) is 14.1. The van der Waals surface area contributed by atoms with Gasteiger partial charge in [-0.3, -0.25) is 14.5 Å². The van der Waals surface area contributed by atoms with Crippen LogP contribution in [-0.4, -0.2) is 34.3 Å². The predicted molar refractivity (Wildman–Crippen MR) is 101 cm³/mol. The van der Waals surface area contributed by atoms with Crippen LogP contribution in [0.4, 0.5) is 0 Å². The SMILES string of the molecule is Cc1ccc(C2=NC(=Cc3ccc(Cl)cc3)C(=O)N2CCC(=O)O)cc1. The zero-order chi connectivity index (χ0) is 18.7. The molecule has 2 aromatic carbocycles. The van der Waals surface area contributed by atoms with E-state index < -0.39 is 5.97 Å². The number of hydrogen-bond acceptors (Lipinski definition) is 3. The molecule has 0 radical (unpaired) electrons. The van der Waals surface area contributed by atoms with Gasteiger partial charge in [0.2, 0.25) is 0 Å². The van der Waals surface area contributed by atoms with Crippen LogP contribution in [0.1, 0.15) is 23.1 Å². The highest BCUT2D eigenvalue weighted by Gasteiger charge is 2.31. The quantitative estimate of drug-likeness (QED) is 0.817. The fourth-order valence-corrected chi connectivity index (χ4v) is 2.73. The Morgan fingerprint density at radius 2 is 1.81 bits per heavy atom. The van der Waals surface area contributed by atoms with Gasteiger partial charge in [0.25, 0.3) is 5.91 Å². The normalized spacial score (nSPS) is 15.5. The van der Waals surface area contributed by atoms with Gasteiger partial charge in [-0.2, -0.15) is 0 Å². The third-order valence-corrected chi connectivity index (χ3v) is 4.23. The summed E-state index contributed by atoms with van der Waals surface area (Å²) in [5.41, 5.74) is 2.93. The number of carboxylic acids is 1. The summed E-state index contributed by atoms with van der Waals surface area (Å²) in [5.74, 6) is -0.801. The van der Waals surface area contributed by atoms with Crippen LogP contribution in [0.3, 0.4) is 0 Å². The van der Waals surface area contributed by atoms with Crippen LogP contribution in [0.25, 0.3) is 6.08 Å². The van der Waals surface area contributed by atoms with Crippen molar-refractivity contribution in [3.8, 4) is 0 Å². The molecule has 132 valence electrons. The van der Waals surface area contributed by atoms with E-state index in [2.05, 4.69) is 4.99 Å². The molecule has 0 atom stereocenters. The fraction of sp³-hybridized carbons (Fsp3) is 0.150. The number of carbonyl (C=O) groups is 2. The minimum atomic E-state index is -0.962. The summed E-state index contributed by atoms with van der Waals surface area (Å²) in [6.07, 6.45) is 1.53. The first-order chi connectivity index (χ1) is 12.4. The van der Waals surface area contributed by atoms with Crippen molar-refractivity contribution in [3.05, 3.63) is 75.9 Å². The zero-order valence-corrected chi connectivity index (χ0v) is 14.9. The lowest BCUT2D eigenvalue weighted by molar-refractivity contribution is -0.137. The molecule has 3 rings (SSSR count). The molecule has 0 unspecified atom stereocenters. The molecular weight excluding hydrogens is 352 g/mol. The molecule has 0 fully saturated rings. The molecule has 1 N–H and O–H groups in total. The van der Waals surface area contributed by atoms with Crippen LogP contribution in [-0.2, 0) is 9.59 Å².